The molecule has 3 nitrogen and oxygen atoms in total. The normalized spacial score (nSPS) is 16.5. The van der Waals surface area contributed by atoms with Gasteiger partial charge in [-0.2, -0.15) is 0 Å². The molecule has 1 amide bonds. The number of amides is 1. The number of rotatable bonds is 2. The maximum atomic E-state index is 11.9. The van der Waals surface area contributed by atoms with E-state index in [0.29, 0.717) is 5.56 Å². The van der Waals surface area contributed by atoms with Crippen LogP contribution in [0.15, 0.2) is 18.2 Å². The Morgan fingerprint density at radius 3 is 2.68 bits per heavy atom. The van der Waals surface area contributed by atoms with Crippen molar-refractivity contribution in [3.63, 3.8) is 0 Å². The van der Waals surface area contributed by atoms with Crippen LogP contribution in [-0.4, -0.2) is 23.6 Å². The highest BCUT2D eigenvalue weighted by molar-refractivity contribution is 6.33. The summed E-state index contributed by atoms with van der Waals surface area (Å²) in [7, 11) is 0. The number of benzene rings is 1. The van der Waals surface area contributed by atoms with Crippen molar-refractivity contribution in [1.29, 1.82) is 0 Å². The van der Waals surface area contributed by atoms with Crippen LogP contribution in [0.1, 0.15) is 42.6 Å². The summed E-state index contributed by atoms with van der Waals surface area (Å²) < 4.78 is 0. The molecule has 2 rings (SSSR count). The summed E-state index contributed by atoms with van der Waals surface area (Å²) in [6.45, 7) is 4.01. The third-order valence-corrected chi connectivity index (χ3v) is 3.67. The fourth-order valence-electron chi connectivity index (χ4n) is 2.46. The molecule has 0 N–H and O–H groups in total. The Labute approximate surface area is 118 Å². The van der Waals surface area contributed by atoms with Gasteiger partial charge < -0.3 is 4.90 Å². The summed E-state index contributed by atoms with van der Waals surface area (Å²) in [4.78, 5) is 25.4. The number of nitrogens with zero attached hydrogens (tertiary/aromatic N) is 1. The van der Waals surface area contributed by atoms with E-state index in [9.17, 15) is 9.59 Å². The molecule has 1 unspecified atom stereocenters. The number of Topliss-reactive ketones (excluding diaryl/α,β-unsaturated/α-hetero) is 1. The number of halogens is 1. The van der Waals surface area contributed by atoms with E-state index >= 15 is 0 Å². The summed E-state index contributed by atoms with van der Waals surface area (Å²) in [5.41, 5.74) is 2.63. The standard InChI is InChI=1S/C15H18ClNO2/c1-10(16)15(19)13-6-7-14-12(9-13)5-3-4-8-17(14)11(2)18/h6-7,9-10H,3-5,8H2,1-2H3. The molecular weight excluding hydrogens is 262 g/mol. The molecule has 0 aromatic heterocycles. The van der Waals surface area contributed by atoms with Gasteiger partial charge in [0.15, 0.2) is 5.78 Å². The molecule has 0 spiro atoms. The topological polar surface area (TPSA) is 37.4 Å². The van der Waals surface area contributed by atoms with Gasteiger partial charge in [0, 0.05) is 24.7 Å². The SMILES string of the molecule is CC(=O)N1CCCCc2cc(C(=O)C(C)Cl)ccc21. The molecule has 102 valence electrons. The van der Waals surface area contributed by atoms with Gasteiger partial charge in [-0.15, -0.1) is 11.6 Å². The average molecular weight is 280 g/mol. The van der Waals surface area contributed by atoms with Crippen molar-refractivity contribution >= 4 is 29.0 Å². The molecule has 1 aromatic carbocycles. The van der Waals surface area contributed by atoms with Gasteiger partial charge >= 0.3 is 0 Å². The maximum Gasteiger partial charge on any atom is 0.223 e. The molecule has 0 saturated heterocycles. The Kier molecular flexibility index (Phi) is 4.25. The van der Waals surface area contributed by atoms with E-state index in [0.717, 1.165) is 37.1 Å². The number of hydrogen-bond donors (Lipinski definition) is 0. The van der Waals surface area contributed by atoms with Crippen molar-refractivity contribution < 1.29 is 9.59 Å². The summed E-state index contributed by atoms with van der Waals surface area (Å²) >= 11 is 5.84. The number of aryl methyl sites for hydroxylation is 1. The molecule has 1 aliphatic heterocycles. The lowest BCUT2D eigenvalue weighted by Gasteiger charge is -2.21. The zero-order valence-electron chi connectivity index (χ0n) is 11.3. The van der Waals surface area contributed by atoms with Gasteiger partial charge in [0.05, 0.1) is 5.38 Å². The zero-order chi connectivity index (χ0) is 14.0. The van der Waals surface area contributed by atoms with E-state index in [1.165, 1.54) is 0 Å². The second-order valence-corrected chi connectivity index (χ2v) is 5.61. The molecule has 0 radical (unpaired) electrons. The van der Waals surface area contributed by atoms with Gasteiger partial charge in [-0.25, -0.2) is 0 Å². The van der Waals surface area contributed by atoms with Gasteiger partial charge in [0.2, 0.25) is 5.91 Å². The maximum absolute atomic E-state index is 11.9. The number of ketones is 1. The molecule has 0 saturated carbocycles. The van der Waals surface area contributed by atoms with Crippen molar-refractivity contribution in [2.24, 2.45) is 0 Å². The molecule has 0 aliphatic carbocycles. The first-order valence-electron chi connectivity index (χ1n) is 6.60. The minimum absolute atomic E-state index is 0.0490. The Morgan fingerprint density at radius 1 is 1.32 bits per heavy atom. The first-order valence-corrected chi connectivity index (χ1v) is 7.03. The van der Waals surface area contributed by atoms with Crippen LogP contribution in [0.4, 0.5) is 5.69 Å². The number of anilines is 1. The lowest BCUT2D eigenvalue weighted by Crippen LogP contribution is -2.29. The Morgan fingerprint density at radius 2 is 2.05 bits per heavy atom. The largest absolute Gasteiger partial charge is 0.312 e. The van der Waals surface area contributed by atoms with E-state index in [1.54, 1.807) is 24.8 Å². The predicted octanol–water partition coefficient (Wildman–Crippen LogP) is 3.19. The summed E-state index contributed by atoms with van der Waals surface area (Å²) in [5.74, 6) is -0.0176. The molecule has 0 bridgehead atoms. The summed E-state index contributed by atoms with van der Waals surface area (Å²) in [5, 5.41) is -0.521. The monoisotopic (exact) mass is 279 g/mol. The first kappa shape index (κ1) is 14.1. The number of hydrogen-bond acceptors (Lipinski definition) is 2. The van der Waals surface area contributed by atoms with E-state index < -0.39 is 5.38 Å². The fourth-order valence-corrected chi connectivity index (χ4v) is 2.59. The molecule has 4 heteroatoms. The number of carbonyl (C=O) groups excluding carboxylic acids is 2. The van der Waals surface area contributed by atoms with Crippen LogP contribution in [0, 0.1) is 0 Å². The van der Waals surface area contributed by atoms with Crippen molar-refractivity contribution in [2.45, 2.75) is 38.5 Å². The molecule has 1 aromatic rings. The minimum atomic E-state index is -0.521. The van der Waals surface area contributed by atoms with E-state index in [-0.39, 0.29) is 11.7 Å². The van der Waals surface area contributed by atoms with Gasteiger partial charge in [0.25, 0.3) is 0 Å². The predicted molar refractivity (Wildman–Crippen MR) is 77.1 cm³/mol. The lowest BCUT2D eigenvalue weighted by molar-refractivity contribution is -0.116. The van der Waals surface area contributed by atoms with Crippen LogP contribution in [0.2, 0.25) is 0 Å². The van der Waals surface area contributed by atoms with Crippen LogP contribution in [0.25, 0.3) is 0 Å². The summed E-state index contributed by atoms with van der Waals surface area (Å²) in [6.07, 6.45) is 2.92. The van der Waals surface area contributed by atoms with Crippen molar-refractivity contribution in [2.75, 3.05) is 11.4 Å². The number of fused-ring (bicyclic) bond motifs is 1. The van der Waals surface area contributed by atoms with Gasteiger partial charge in [-0.05, 0) is 49.9 Å². The molecule has 1 heterocycles. The molecule has 1 aliphatic rings. The summed E-state index contributed by atoms with van der Waals surface area (Å²) in [6, 6.07) is 5.52. The highest BCUT2D eigenvalue weighted by Gasteiger charge is 2.20. The second-order valence-electron chi connectivity index (χ2n) is 4.95. The Bertz CT molecular complexity index is 511. The zero-order valence-corrected chi connectivity index (χ0v) is 12.0. The van der Waals surface area contributed by atoms with Crippen LogP contribution < -0.4 is 4.90 Å². The lowest BCUT2D eigenvalue weighted by atomic mass is 10.0. The molecule has 0 fully saturated rings. The Balaban J connectivity index is 2.41. The van der Waals surface area contributed by atoms with E-state index in [1.807, 2.05) is 12.1 Å². The number of alkyl halides is 1. The van der Waals surface area contributed by atoms with Crippen LogP contribution in [0.5, 0.6) is 0 Å². The van der Waals surface area contributed by atoms with Crippen LogP contribution in [-0.2, 0) is 11.2 Å². The minimum Gasteiger partial charge on any atom is -0.312 e. The van der Waals surface area contributed by atoms with Crippen molar-refractivity contribution in [1.82, 2.24) is 0 Å². The fraction of sp³-hybridized carbons (Fsp3) is 0.467. The van der Waals surface area contributed by atoms with Gasteiger partial charge in [-0.1, -0.05) is 0 Å². The highest BCUT2D eigenvalue weighted by Crippen LogP contribution is 2.28. The van der Waals surface area contributed by atoms with E-state index in [2.05, 4.69) is 0 Å². The van der Waals surface area contributed by atoms with E-state index in [4.69, 9.17) is 11.6 Å². The Hall–Kier alpha value is -1.35. The average Bonchev–Trinajstić information content (AvgIpc) is 2.58. The molecule has 19 heavy (non-hydrogen) atoms. The highest BCUT2D eigenvalue weighted by atomic mass is 35.5. The van der Waals surface area contributed by atoms with Crippen LogP contribution >= 0.6 is 11.6 Å². The third-order valence-electron chi connectivity index (χ3n) is 3.47. The smallest absolute Gasteiger partial charge is 0.223 e. The number of carbonyl (C=O) groups is 2. The van der Waals surface area contributed by atoms with Gasteiger partial charge in [0.1, 0.15) is 0 Å². The molecule has 1 atom stereocenters. The quantitative estimate of drug-likeness (QED) is 0.616. The van der Waals surface area contributed by atoms with Crippen molar-refractivity contribution in [3.05, 3.63) is 29.3 Å². The second kappa shape index (κ2) is 5.74. The third kappa shape index (κ3) is 2.98. The van der Waals surface area contributed by atoms with Crippen molar-refractivity contribution in [3.8, 4) is 0 Å². The molecular formula is C15H18ClNO2. The van der Waals surface area contributed by atoms with Gasteiger partial charge in [-0.3, -0.25) is 9.59 Å². The first-order chi connectivity index (χ1) is 9.00. The van der Waals surface area contributed by atoms with Crippen LogP contribution in [0.3, 0.4) is 0 Å².